The topological polar surface area (TPSA) is 74.6 Å². The molecular weight excluding hydrogens is 356 g/mol. The van der Waals surface area contributed by atoms with Crippen LogP contribution in [0, 0.1) is 5.82 Å². The summed E-state index contributed by atoms with van der Waals surface area (Å²) in [4.78, 5) is 25.7. The van der Waals surface area contributed by atoms with Crippen LogP contribution in [0.25, 0.3) is 10.9 Å². The molecule has 3 rings (SSSR count). The number of piperazine rings is 1. The molecule has 1 aliphatic rings. The first-order chi connectivity index (χ1) is 12.6. The van der Waals surface area contributed by atoms with Crippen LogP contribution in [0.1, 0.15) is 31.1 Å². The van der Waals surface area contributed by atoms with Crippen LogP contribution in [0.15, 0.2) is 23.1 Å². The largest absolute Gasteiger partial charge is 0.477 e. The van der Waals surface area contributed by atoms with Crippen LogP contribution in [0.4, 0.5) is 14.5 Å². The van der Waals surface area contributed by atoms with Gasteiger partial charge in [0.1, 0.15) is 18.1 Å². The number of aromatic nitrogens is 1. The lowest BCUT2D eigenvalue weighted by molar-refractivity contribution is 0.0694. The fourth-order valence-corrected chi connectivity index (χ4v) is 3.48. The quantitative estimate of drug-likeness (QED) is 0.856. The van der Waals surface area contributed by atoms with E-state index < -0.39 is 41.0 Å². The maximum Gasteiger partial charge on any atom is 0.341 e. The number of fused-ring (bicyclic) bond motifs is 1. The summed E-state index contributed by atoms with van der Waals surface area (Å²) in [6.07, 6.45) is 1.29. The van der Waals surface area contributed by atoms with Gasteiger partial charge in [0.15, 0.2) is 0 Å². The van der Waals surface area contributed by atoms with Crippen molar-refractivity contribution in [2.24, 2.45) is 0 Å². The lowest BCUT2D eigenvalue weighted by Crippen LogP contribution is -2.52. The predicted octanol–water partition coefficient (Wildman–Crippen LogP) is 2.34. The number of hydrogen-bond donors (Lipinski definition) is 2. The number of carboxylic acid groups (broad SMARTS) is 1. The average molecular weight is 379 g/mol. The van der Waals surface area contributed by atoms with Crippen LogP contribution in [-0.4, -0.2) is 48.0 Å². The highest BCUT2D eigenvalue weighted by Gasteiger charge is 2.27. The summed E-state index contributed by atoms with van der Waals surface area (Å²) >= 11 is 0. The SMILES string of the molecule is CC(C)(C)n1cc(C(=O)O)c(=O)c2cc(F)c(N3CCNCC3CF)cc21. The molecule has 1 aromatic carbocycles. The Hall–Kier alpha value is -2.48. The molecule has 1 fully saturated rings. The molecule has 146 valence electrons. The van der Waals surface area contributed by atoms with Gasteiger partial charge in [-0.05, 0) is 32.9 Å². The van der Waals surface area contributed by atoms with Gasteiger partial charge in [0.2, 0.25) is 5.43 Å². The lowest BCUT2D eigenvalue weighted by Gasteiger charge is -2.37. The van der Waals surface area contributed by atoms with Crippen LogP contribution in [0.3, 0.4) is 0 Å². The first-order valence-electron chi connectivity index (χ1n) is 8.81. The molecule has 1 unspecified atom stereocenters. The van der Waals surface area contributed by atoms with Crippen molar-refractivity contribution >= 4 is 22.6 Å². The van der Waals surface area contributed by atoms with E-state index in [9.17, 15) is 23.5 Å². The Labute approximate surface area is 155 Å². The van der Waals surface area contributed by atoms with Gasteiger partial charge < -0.3 is 19.9 Å². The summed E-state index contributed by atoms with van der Waals surface area (Å²) in [5.41, 5.74) is -1.05. The normalized spacial score (nSPS) is 18.1. The van der Waals surface area contributed by atoms with Crippen LogP contribution >= 0.6 is 0 Å². The minimum absolute atomic E-state index is 0.00184. The molecule has 2 aromatic rings. The number of hydrogen-bond acceptors (Lipinski definition) is 4. The number of aromatic carboxylic acids is 1. The van der Waals surface area contributed by atoms with E-state index in [1.807, 2.05) is 20.8 Å². The Morgan fingerprint density at radius 2 is 2.07 bits per heavy atom. The highest BCUT2D eigenvalue weighted by molar-refractivity contribution is 5.93. The van der Waals surface area contributed by atoms with Crippen molar-refractivity contribution in [3.05, 3.63) is 39.9 Å². The second-order valence-electron chi connectivity index (χ2n) is 7.74. The smallest absolute Gasteiger partial charge is 0.341 e. The van der Waals surface area contributed by atoms with Gasteiger partial charge in [-0.3, -0.25) is 4.79 Å². The molecule has 0 bridgehead atoms. The average Bonchev–Trinajstić information content (AvgIpc) is 2.60. The monoisotopic (exact) mass is 379 g/mol. The molecule has 2 heterocycles. The summed E-state index contributed by atoms with van der Waals surface area (Å²) < 4.78 is 29.9. The fourth-order valence-electron chi connectivity index (χ4n) is 3.48. The molecule has 0 amide bonds. The molecular formula is C19H23F2N3O3. The van der Waals surface area contributed by atoms with Crippen molar-refractivity contribution in [1.29, 1.82) is 0 Å². The van der Waals surface area contributed by atoms with Crippen molar-refractivity contribution in [3.63, 3.8) is 0 Å². The molecule has 0 saturated carbocycles. The Bertz CT molecular complexity index is 950. The minimum atomic E-state index is -1.36. The molecule has 6 nitrogen and oxygen atoms in total. The highest BCUT2D eigenvalue weighted by atomic mass is 19.1. The van der Waals surface area contributed by atoms with Crippen LogP contribution in [-0.2, 0) is 5.54 Å². The molecule has 0 radical (unpaired) electrons. The molecule has 2 N–H and O–H groups in total. The number of rotatable bonds is 3. The van der Waals surface area contributed by atoms with Crippen molar-refractivity contribution in [2.75, 3.05) is 31.2 Å². The van der Waals surface area contributed by atoms with Crippen molar-refractivity contribution in [3.8, 4) is 0 Å². The number of carboxylic acids is 1. The number of carbonyl (C=O) groups is 1. The zero-order valence-corrected chi connectivity index (χ0v) is 15.6. The van der Waals surface area contributed by atoms with E-state index in [1.165, 1.54) is 12.3 Å². The van der Waals surface area contributed by atoms with Crippen molar-refractivity contribution in [2.45, 2.75) is 32.4 Å². The third-order valence-electron chi connectivity index (χ3n) is 4.86. The summed E-state index contributed by atoms with van der Waals surface area (Å²) in [5, 5.41) is 12.4. The molecule has 1 atom stereocenters. The second-order valence-corrected chi connectivity index (χ2v) is 7.74. The lowest BCUT2D eigenvalue weighted by atomic mass is 10.0. The van der Waals surface area contributed by atoms with E-state index in [0.717, 1.165) is 6.07 Å². The molecule has 0 aliphatic carbocycles. The van der Waals surface area contributed by atoms with Gasteiger partial charge in [0.05, 0.1) is 17.2 Å². The first kappa shape index (κ1) is 19.3. The zero-order valence-electron chi connectivity index (χ0n) is 15.6. The summed E-state index contributed by atoms with van der Waals surface area (Å²) in [6, 6.07) is 2.09. The van der Waals surface area contributed by atoms with E-state index in [2.05, 4.69) is 5.32 Å². The van der Waals surface area contributed by atoms with Gasteiger partial charge in [-0.15, -0.1) is 0 Å². The molecule has 1 aromatic heterocycles. The highest BCUT2D eigenvalue weighted by Crippen LogP contribution is 2.30. The Kier molecular flexibility index (Phi) is 4.94. The van der Waals surface area contributed by atoms with E-state index >= 15 is 0 Å². The molecule has 27 heavy (non-hydrogen) atoms. The minimum Gasteiger partial charge on any atom is -0.477 e. The van der Waals surface area contributed by atoms with Gasteiger partial charge >= 0.3 is 5.97 Å². The van der Waals surface area contributed by atoms with Crippen LogP contribution in [0.5, 0.6) is 0 Å². The number of nitrogens with zero attached hydrogens (tertiary/aromatic N) is 2. The van der Waals surface area contributed by atoms with Crippen molar-refractivity contribution in [1.82, 2.24) is 9.88 Å². The van der Waals surface area contributed by atoms with E-state index in [4.69, 9.17) is 0 Å². The maximum absolute atomic E-state index is 14.9. The van der Waals surface area contributed by atoms with E-state index in [-0.39, 0.29) is 11.1 Å². The van der Waals surface area contributed by atoms with Crippen LogP contribution in [0.2, 0.25) is 0 Å². The summed E-state index contributed by atoms with van der Waals surface area (Å²) in [5.74, 6) is -2.02. The van der Waals surface area contributed by atoms with Gasteiger partial charge in [-0.1, -0.05) is 0 Å². The van der Waals surface area contributed by atoms with Crippen molar-refractivity contribution < 1.29 is 18.7 Å². The van der Waals surface area contributed by atoms with E-state index in [0.29, 0.717) is 25.2 Å². The standard InChI is InChI=1S/C19H23F2N3O3/c1-19(2,3)24-10-13(18(26)27)17(25)12-6-14(21)16(7-15(12)24)23-5-4-22-9-11(23)8-20/h6-7,10-11,22H,4-5,8-9H2,1-3H3,(H,26,27). The van der Waals surface area contributed by atoms with Gasteiger partial charge in [0.25, 0.3) is 0 Å². The number of benzene rings is 1. The number of anilines is 1. The van der Waals surface area contributed by atoms with Gasteiger partial charge in [0, 0.05) is 36.8 Å². The second kappa shape index (κ2) is 6.92. The summed E-state index contributed by atoms with van der Waals surface area (Å²) in [6.45, 7) is 6.39. The number of alkyl halides is 1. The molecule has 8 heteroatoms. The van der Waals surface area contributed by atoms with Crippen LogP contribution < -0.4 is 15.6 Å². The molecule has 0 spiro atoms. The number of pyridine rings is 1. The first-order valence-corrected chi connectivity index (χ1v) is 8.81. The van der Waals surface area contributed by atoms with Gasteiger partial charge in [-0.25, -0.2) is 13.6 Å². The fraction of sp³-hybridized carbons (Fsp3) is 0.474. The van der Waals surface area contributed by atoms with E-state index in [1.54, 1.807) is 9.47 Å². The third-order valence-corrected chi connectivity index (χ3v) is 4.86. The Morgan fingerprint density at radius 3 is 2.67 bits per heavy atom. The number of halogens is 2. The van der Waals surface area contributed by atoms with Gasteiger partial charge in [-0.2, -0.15) is 0 Å². The Morgan fingerprint density at radius 1 is 1.37 bits per heavy atom. The Balaban J connectivity index is 2.32. The molecule has 1 saturated heterocycles. The predicted molar refractivity (Wildman–Crippen MR) is 100 cm³/mol. The molecule has 1 aliphatic heterocycles. The maximum atomic E-state index is 14.9. The number of nitrogens with one attached hydrogen (secondary N) is 1. The third kappa shape index (κ3) is 3.41. The zero-order chi connectivity index (χ0) is 19.9. The summed E-state index contributed by atoms with van der Waals surface area (Å²) in [7, 11) is 0.